The molecule has 0 aliphatic heterocycles. The number of ether oxygens (including phenoxy) is 1. The monoisotopic (exact) mass is 156 g/mol. The van der Waals surface area contributed by atoms with E-state index in [0.717, 1.165) is 32.5 Å². The fourth-order valence-corrected chi connectivity index (χ4v) is 1.20. The van der Waals surface area contributed by atoms with Gasteiger partial charge < -0.3 is 4.74 Å². The highest BCUT2D eigenvalue weighted by Crippen LogP contribution is 2.22. The van der Waals surface area contributed by atoms with Crippen molar-refractivity contribution in [2.45, 2.75) is 32.6 Å². The Morgan fingerprint density at radius 3 is 2.82 bits per heavy atom. The van der Waals surface area contributed by atoms with Gasteiger partial charge in [-0.15, -0.1) is 0 Å². The molecule has 0 aromatic rings. The smallest absolute Gasteiger partial charge is 0.133 e. The van der Waals surface area contributed by atoms with Crippen molar-refractivity contribution in [3.63, 3.8) is 0 Å². The SMILES string of the molecule is CCCCOCC1CC(=O)C1. The van der Waals surface area contributed by atoms with E-state index in [4.69, 9.17) is 4.74 Å². The summed E-state index contributed by atoms with van der Waals surface area (Å²) in [5.41, 5.74) is 0. The van der Waals surface area contributed by atoms with Crippen molar-refractivity contribution in [2.75, 3.05) is 13.2 Å². The highest BCUT2D eigenvalue weighted by atomic mass is 16.5. The third kappa shape index (κ3) is 3.02. The molecule has 0 aromatic carbocycles. The zero-order chi connectivity index (χ0) is 8.10. The number of Topliss-reactive ketones (excluding diaryl/α,β-unsaturated/α-hetero) is 1. The Bertz CT molecular complexity index is 124. The number of carbonyl (C=O) groups is 1. The maximum absolute atomic E-state index is 10.5. The van der Waals surface area contributed by atoms with Crippen molar-refractivity contribution >= 4 is 5.78 Å². The maximum atomic E-state index is 10.5. The van der Waals surface area contributed by atoms with Crippen LogP contribution >= 0.6 is 0 Å². The Morgan fingerprint density at radius 2 is 2.27 bits per heavy atom. The number of rotatable bonds is 5. The average Bonchev–Trinajstić information content (AvgIpc) is 1.94. The number of unbranched alkanes of at least 4 members (excludes halogenated alkanes) is 1. The quantitative estimate of drug-likeness (QED) is 0.567. The molecule has 0 saturated heterocycles. The summed E-state index contributed by atoms with van der Waals surface area (Å²) in [6.45, 7) is 3.81. The van der Waals surface area contributed by atoms with Gasteiger partial charge in [0, 0.05) is 19.4 Å². The standard InChI is InChI=1S/C9H16O2/c1-2-3-4-11-7-8-5-9(10)6-8/h8H,2-7H2,1H3. The molecule has 0 bridgehead atoms. The number of carbonyl (C=O) groups excluding carboxylic acids is 1. The molecule has 2 nitrogen and oxygen atoms in total. The second kappa shape index (κ2) is 4.50. The summed E-state index contributed by atoms with van der Waals surface area (Å²) in [4.78, 5) is 10.5. The summed E-state index contributed by atoms with van der Waals surface area (Å²) < 4.78 is 5.37. The number of hydrogen-bond donors (Lipinski definition) is 0. The van der Waals surface area contributed by atoms with E-state index in [9.17, 15) is 4.79 Å². The van der Waals surface area contributed by atoms with Gasteiger partial charge in [-0.1, -0.05) is 13.3 Å². The van der Waals surface area contributed by atoms with E-state index in [2.05, 4.69) is 6.92 Å². The molecule has 1 aliphatic carbocycles. The molecule has 0 unspecified atom stereocenters. The van der Waals surface area contributed by atoms with E-state index in [0.29, 0.717) is 11.7 Å². The van der Waals surface area contributed by atoms with Crippen LogP contribution in [0, 0.1) is 5.92 Å². The average molecular weight is 156 g/mol. The zero-order valence-electron chi connectivity index (χ0n) is 7.14. The molecule has 0 amide bonds. The van der Waals surface area contributed by atoms with E-state index in [1.807, 2.05) is 0 Å². The molecule has 0 heterocycles. The van der Waals surface area contributed by atoms with Gasteiger partial charge in [0.25, 0.3) is 0 Å². The van der Waals surface area contributed by atoms with E-state index in [1.165, 1.54) is 6.42 Å². The molecule has 0 radical (unpaired) electrons. The van der Waals surface area contributed by atoms with Crippen LogP contribution in [0.5, 0.6) is 0 Å². The van der Waals surface area contributed by atoms with Crippen LogP contribution in [-0.4, -0.2) is 19.0 Å². The Hall–Kier alpha value is -0.370. The zero-order valence-corrected chi connectivity index (χ0v) is 7.14. The molecule has 1 aliphatic rings. The van der Waals surface area contributed by atoms with Gasteiger partial charge in [0.05, 0.1) is 6.61 Å². The normalized spacial score (nSPS) is 18.5. The molecule has 0 spiro atoms. The first-order chi connectivity index (χ1) is 5.33. The van der Waals surface area contributed by atoms with E-state index >= 15 is 0 Å². The molecule has 1 fully saturated rings. The Morgan fingerprint density at radius 1 is 1.55 bits per heavy atom. The lowest BCUT2D eigenvalue weighted by Crippen LogP contribution is -2.27. The van der Waals surface area contributed by atoms with Crippen molar-refractivity contribution in [3.05, 3.63) is 0 Å². The van der Waals surface area contributed by atoms with Crippen LogP contribution < -0.4 is 0 Å². The third-order valence-electron chi connectivity index (χ3n) is 2.03. The van der Waals surface area contributed by atoms with Crippen molar-refractivity contribution in [1.82, 2.24) is 0 Å². The summed E-state index contributed by atoms with van der Waals surface area (Å²) in [5, 5.41) is 0. The highest BCUT2D eigenvalue weighted by Gasteiger charge is 2.25. The lowest BCUT2D eigenvalue weighted by molar-refractivity contribution is -0.128. The molecule has 1 saturated carbocycles. The van der Waals surface area contributed by atoms with Crippen LogP contribution in [0.2, 0.25) is 0 Å². The van der Waals surface area contributed by atoms with E-state index in [-0.39, 0.29) is 0 Å². The van der Waals surface area contributed by atoms with Crippen LogP contribution in [0.1, 0.15) is 32.6 Å². The van der Waals surface area contributed by atoms with E-state index < -0.39 is 0 Å². The molecular weight excluding hydrogens is 140 g/mol. The topological polar surface area (TPSA) is 26.3 Å². The van der Waals surface area contributed by atoms with Crippen LogP contribution in [-0.2, 0) is 9.53 Å². The maximum Gasteiger partial charge on any atom is 0.133 e. The summed E-state index contributed by atoms with van der Waals surface area (Å²) >= 11 is 0. The molecular formula is C9H16O2. The van der Waals surface area contributed by atoms with E-state index in [1.54, 1.807) is 0 Å². The molecule has 1 rings (SSSR count). The predicted molar refractivity (Wildman–Crippen MR) is 43.5 cm³/mol. The van der Waals surface area contributed by atoms with Crippen LogP contribution in [0.25, 0.3) is 0 Å². The molecule has 2 heteroatoms. The molecule has 0 aromatic heterocycles. The summed E-state index contributed by atoms with van der Waals surface area (Å²) in [7, 11) is 0. The van der Waals surface area contributed by atoms with Crippen LogP contribution in [0.15, 0.2) is 0 Å². The molecule has 0 atom stereocenters. The fraction of sp³-hybridized carbons (Fsp3) is 0.889. The summed E-state index contributed by atoms with van der Waals surface area (Å²) in [6.07, 6.45) is 3.84. The van der Waals surface area contributed by atoms with Gasteiger partial charge >= 0.3 is 0 Å². The number of hydrogen-bond acceptors (Lipinski definition) is 2. The highest BCUT2D eigenvalue weighted by molar-refractivity contribution is 5.84. The molecule has 64 valence electrons. The minimum absolute atomic E-state index is 0.397. The second-order valence-electron chi connectivity index (χ2n) is 3.24. The molecule has 0 N–H and O–H groups in total. The first kappa shape index (κ1) is 8.72. The largest absolute Gasteiger partial charge is 0.381 e. The van der Waals surface area contributed by atoms with Gasteiger partial charge in [-0.25, -0.2) is 0 Å². The van der Waals surface area contributed by atoms with Crippen LogP contribution in [0.4, 0.5) is 0 Å². The first-order valence-corrected chi connectivity index (χ1v) is 4.42. The Labute approximate surface area is 67.9 Å². The van der Waals surface area contributed by atoms with Gasteiger partial charge in [-0.2, -0.15) is 0 Å². The van der Waals surface area contributed by atoms with Crippen molar-refractivity contribution < 1.29 is 9.53 Å². The second-order valence-corrected chi connectivity index (χ2v) is 3.24. The Kier molecular flexibility index (Phi) is 3.57. The minimum Gasteiger partial charge on any atom is -0.381 e. The summed E-state index contributed by atoms with van der Waals surface area (Å²) in [6, 6.07) is 0. The van der Waals surface area contributed by atoms with Crippen LogP contribution in [0.3, 0.4) is 0 Å². The lowest BCUT2D eigenvalue weighted by atomic mass is 9.85. The van der Waals surface area contributed by atoms with Gasteiger partial charge in [0.2, 0.25) is 0 Å². The van der Waals surface area contributed by atoms with Crippen molar-refractivity contribution in [3.8, 4) is 0 Å². The van der Waals surface area contributed by atoms with Gasteiger partial charge in [-0.3, -0.25) is 4.79 Å². The van der Waals surface area contributed by atoms with Crippen molar-refractivity contribution in [2.24, 2.45) is 5.92 Å². The van der Waals surface area contributed by atoms with Gasteiger partial charge in [-0.05, 0) is 12.3 Å². The van der Waals surface area contributed by atoms with Gasteiger partial charge in [0.15, 0.2) is 0 Å². The minimum atomic E-state index is 0.397. The fourth-order valence-electron chi connectivity index (χ4n) is 1.20. The third-order valence-corrected chi connectivity index (χ3v) is 2.03. The van der Waals surface area contributed by atoms with Crippen molar-refractivity contribution in [1.29, 1.82) is 0 Å². The predicted octanol–water partition coefficient (Wildman–Crippen LogP) is 1.78. The molecule has 11 heavy (non-hydrogen) atoms. The lowest BCUT2D eigenvalue weighted by Gasteiger charge is -2.23. The first-order valence-electron chi connectivity index (χ1n) is 4.42. The summed E-state index contributed by atoms with van der Waals surface area (Å²) in [5.74, 6) is 0.938. The van der Waals surface area contributed by atoms with Gasteiger partial charge in [0.1, 0.15) is 5.78 Å². The number of ketones is 1. The Balaban J connectivity index is 1.85.